The summed E-state index contributed by atoms with van der Waals surface area (Å²) >= 11 is 4.84. The van der Waals surface area contributed by atoms with Crippen LogP contribution >= 0.6 is 7.51 Å². The van der Waals surface area contributed by atoms with E-state index in [4.69, 9.17) is 16.5 Å². The third-order valence-corrected chi connectivity index (χ3v) is 3.33. The van der Waals surface area contributed by atoms with Gasteiger partial charge in [0.15, 0.2) is 0 Å². The second-order valence-corrected chi connectivity index (χ2v) is 4.95. The summed E-state index contributed by atoms with van der Waals surface area (Å²) in [4.78, 5) is 0. The molecule has 0 aliphatic heterocycles. The summed E-state index contributed by atoms with van der Waals surface area (Å²) in [5.41, 5.74) is 1.03. The topological polar surface area (TPSA) is 24.8 Å². The molecule has 0 aliphatic rings. The van der Waals surface area contributed by atoms with Crippen LogP contribution in [-0.4, -0.2) is 24.1 Å². The number of hydrazone groups is 1. The van der Waals surface area contributed by atoms with E-state index in [9.17, 15) is 0 Å². The van der Waals surface area contributed by atoms with Crippen LogP contribution in [0.5, 0.6) is 5.75 Å². The molecule has 0 amide bonds. The summed E-state index contributed by atoms with van der Waals surface area (Å²) in [6, 6.07) is 7.88. The van der Waals surface area contributed by atoms with Crippen molar-refractivity contribution in [2.45, 2.75) is 26.4 Å². The van der Waals surface area contributed by atoms with E-state index in [1.165, 1.54) is 0 Å². The largest absolute Gasteiger partial charge is 0.491 e. The Balaban J connectivity index is 2.61. The van der Waals surface area contributed by atoms with E-state index in [0.29, 0.717) is 7.51 Å². The van der Waals surface area contributed by atoms with Gasteiger partial charge in [0.2, 0.25) is 0 Å². The van der Waals surface area contributed by atoms with Crippen molar-refractivity contribution in [1.82, 2.24) is 4.78 Å². The van der Waals surface area contributed by atoms with Crippen molar-refractivity contribution in [3.8, 4) is 5.75 Å². The zero-order chi connectivity index (χ0) is 12.7. The highest BCUT2D eigenvalue weighted by Gasteiger charge is 2.00. The maximum Gasteiger partial charge on any atom is 0.119 e. The van der Waals surface area contributed by atoms with Crippen molar-refractivity contribution in [2.24, 2.45) is 5.10 Å². The van der Waals surface area contributed by atoms with E-state index in [2.05, 4.69) is 18.9 Å². The Labute approximate surface area is 109 Å². The molecule has 17 heavy (non-hydrogen) atoms. The molecular formula is C12H17N2OPS. The molecule has 3 nitrogen and oxygen atoms in total. The lowest BCUT2D eigenvalue weighted by atomic mass is 10.2. The van der Waals surface area contributed by atoms with Crippen LogP contribution in [0.1, 0.15) is 25.8 Å². The first-order valence-corrected chi connectivity index (χ1v) is 7.39. The average molecular weight is 268 g/mol. The summed E-state index contributed by atoms with van der Waals surface area (Å²) in [7, 11) is 2.55. The molecule has 1 aromatic rings. The van der Waals surface area contributed by atoms with E-state index >= 15 is 0 Å². The number of benzene rings is 1. The predicted molar refractivity (Wildman–Crippen MR) is 76.5 cm³/mol. The Morgan fingerprint density at radius 2 is 2.12 bits per heavy atom. The van der Waals surface area contributed by atoms with Crippen LogP contribution in [0.4, 0.5) is 0 Å². The number of hydrogen-bond acceptors (Lipinski definition) is 3. The van der Waals surface area contributed by atoms with Crippen LogP contribution in [0.15, 0.2) is 29.4 Å². The Morgan fingerprint density at radius 3 is 2.65 bits per heavy atom. The van der Waals surface area contributed by atoms with Gasteiger partial charge in [-0.25, -0.2) is 4.78 Å². The van der Waals surface area contributed by atoms with Crippen molar-refractivity contribution in [2.75, 3.05) is 7.05 Å². The summed E-state index contributed by atoms with van der Waals surface area (Å²) < 4.78 is 7.37. The van der Waals surface area contributed by atoms with Crippen molar-refractivity contribution >= 4 is 25.5 Å². The van der Waals surface area contributed by atoms with Gasteiger partial charge in [-0.15, -0.1) is 0 Å². The summed E-state index contributed by atoms with van der Waals surface area (Å²) in [6.07, 6.45) is 3.04. The van der Waals surface area contributed by atoms with Crippen LogP contribution in [0, 0.1) is 0 Å². The molecule has 1 atom stereocenters. The van der Waals surface area contributed by atoms with Crippen LogP contribution in [0.2, 0.25) is 0 Å². The van der Waals surface area contributed by atoms with Gasteiger partial charge in [-0.3, -0.25) is 0 Å². The third-order valence-electron chi connectivity index (χ3n) is 2.28. The number of ether oxygens (including phenoxy) is 1. The minimum Gasteiger partial charge on any atom is -0.491 e. The van der Waals surface area contributed by atoms with Gasteiger partial charge in [0.1, 0.15) is 13.3 Å². The molecule has 0 aromatic heterocycles. The highest BCUT2D eigenvalue weighted by molar-refractivity contribution is 7.95. The Hall–Kier alpha value is -0.990. The van der Waals surface area contributed by atoms with Crippen molar-refractivity contribution in [3.63, 3.8) is 0 Å². The quantitative estimate of drug-likeness (QED) is 0.449. The standard InChI is InChI=1S/C12H17N2OPS/c1-4-10(2)15-12-7-5-11(6-8-12)9-13-14(3)16-17/h5-10H,4H2,1-3H3/b13-9+/t10-/m1/s1. The Morgan fingerprint density at radius 1 is 1.47 bits per heavy atom. The number of hydrogen-bond donors (Lipinski definition) is 0. The van der Waals surface area contributed by atoms with E-state index < -0.39 is 0 Å². The fraction of sp³-hybridized carbons (Fsp3) is 0.417. The molecule has 0 heterocycles. The SMILES string of the molecule is CC[C@@H](C)Oc1ccc(/C=N/N(C)P=S)cc1. The molecule has 0 fully saturated rings. The van der Waals surface area contributed by atoms with E-state index in [1.807, 2.05) is 31.3 Å². The first-order valence-electron chi connectivity index (χ1n) is 5.53. The van der Waals surface area contributed by atoms with Gasteiger partial charge in [-0.1, -0.05) is 6.92 Å². The maximum absolute atomic E-state index is 5.69. The first-order chi connectivity index (χ1) is 8.15. The zero-order valence-electron chi connectivity index (χ0n) is 10.3. The molecule has 0 saturated carbocycles. The second-order valence-electron chi connectivity index (χ2n) is 3.72. The van der Waals surface area contributed by atoms with Crippen molar-refractivity contribution < 1.29 is 4.74 Å². The van der Waals surface area contributed by atoms with Crippen LogP contribution in [0.3, 0.4) is 0 Å². The molecule has 5 heteroatoms. The fourth-order valence-corrected chi connectivity index (χ4v) is 1.34. The molecule has 0 unspecified atom stereocenters. The molecule has 0 N–H and O–H groups in total. The summed E-state index contributed by atoms with van der Waals surface area (Å²) in [5.74, 6) is 0.895. The van der Waals surface area contributed by atoms with Gasteiger partial charge in [0.05, 0.1) is 12.3 Å². The lowest BCUT2D eigenvalue weighted by Crippen LogP contribution is -2.09. The summed E-state index contributed by atoms with van der Waals surface area (Å²) in [6.45, 7) is 4.17. The van der Waals surface area contributed by atoms with Gasteiger partial charge >= 0.3 is 0 Å². The number of nitrogens with zero attached hydrogens (tertiary/aromatic N) is 2. The highest BCUT2D eigenvalue weighted by atomic mass is 32.4. The van der Waals surface area contributed by atoms with Crippen LogP contribution < -0.4 is 4.74 Å². The molecule has 0 spiro atoms. The van der Waals surface area contributed by atoms with E-state index in [1.54, 1.807) is 11.0 Å². The monoisotopic (exact) mass is 268 g/mol. The van der Waals surface area contributed by atoms with Gasteiger partial charge in [0, 0.05) is 7.05 Å². The molecule has 0 saturated heterocycles. The average Bonchev–Trinajstić information content (AvgIpc) is 2.37. The predicted octanol–water partition coefficient (Wildman–Crippen LogP) is 3.45. The smallest absolute Gasteiger partial charge is 0.119 e. The van der Waals surface area contributed by atoms with Gasteiger partial charge < -0.3 is 4.74 Å². The molecule has 0 bridgehead atoms. The van der Waals surface area contributed by atoms with Gasteiger partial charge in [-0.2, -0.15) is 5.10 Å². The first kappa shape index (κ1) is 14.1. The van der Waals surface area contributed by atoms with E-state index in [-0.39, 0.29) is 6.10 Å². The molecule has 1 aromatic carbocycles. The minimum atomic E-state index is 0.250. The third kappa shape index (κ3) is 5.24. The van der Waals surface area contributed by atoms with Crippen molar-refractivity contribution in [1.29, 1.82) is 0 Å². The van der Waals surface area contributed by atoms with Gasteiger partial charge in [-0.05, 0) is 55.0 Å². The molecule has 92 valence electrons. The molecule has 0 radical (unpaired) electrons. The van der Waals surface area contributed by atoms with Crippen LogP contribution in [-0.2, 0) is 11.8 Å². The number of rotatable bonds is 6. The molecule has 1 rings (SSSR count). The zero-order valence-corrected chi connectivity index (χ0v) is 12.0. The minimum absolute atomic E-state index is 0.250. The van der Waals surface area contributed by atoms with Gasteiger partial charge in [0.25, 0.3) is 0 Å². The normalized spacial score (nSPS) is 12.9. The lowest BCUT2D eigenvalue weighted by Gasteiger charge is -2.12. The Kier molecular flexibility index (Phi) is 6.09. The molecular weight excluding hydrogens is 251 g/mol. The highest BCUT2D eigenvalue weighted by Crippen LogP contribution is 2.14. The summed E-state index contributed by atoms with van der Waals surface area (Å²) in [5, 5.41) is 4.17. The fourth-order valence-electron chi connectivity index (χ4n) is 1.12. The molecule has 0 aliphatic carbocycles. The maximum atomic E-state index is 5.69. The lowest BCUT2D eigenvalue weighted by molar-refractivity contribution is 0.217. The Bertz CT molecular complexity index is 381. The van der Waals surface area contributed by atoms with Crippen molar-refractivity contribution in [3.05, 3.63) is 29.8 Å². The second kappa shape index (κ2) is 7.36. The van der Waals surface area contributed by atoms with Crippen LogP contribution in [0.25, 0.3) is 0 Å². The van der Waals surface area contributed by atoms with E-state index in [0.717, 1.165) is 17.7 Å².